The molecule has 0 spiro atoms. The van der Waals surface area contributed by atoms with Gasteiger partial charge in [-0.25, -0.2) is 4.79 Å². The van der Waals surface area contributed by atoms with Crippen molar-refractivity contribution in [2.75, 3.05) is 30.3 Å². The molecule has 0 unspecified atom stereocenters. The van der Waals surface area contributed by atoms with Crippen molar-refractivity contribution in [1.29, 1.82) is 0 Å². The average Bonchev–Trinajstić information content (AvgIpc) is 3.50. The van der Waals surface area contributed by atoms with Gasteiger partial charge in [0.2, 0.25) is 0 Å². The molecule has 2 N–H and O–H groups in total. The molecular weight excluding hydrogens is 414 g/mol. The Morgan fingerprint density at radius 3 is 2.39 bits per heavy atom. The molecule has 2 heterocycles. The highest BCUT2D eigenvalue weighted by Crippen LogP contribution is 2.25. The van der Waals surface area contributed by atoms with Gasteiger partial charge in [-0.15, -0.1) is 0 Å². The Morgan fingerprint density at radius 1 is 0.848 bits per heavy atom. The number of hydrogen-bond acceptors (Lipinski definition) is 4. The van der Waals surface area contributed by atoms with Crippen molar-refractivity contribution in [3.05, 3.63) is 79.0 Å². The SMILES string of the molecule is O=C(Nc1ccc(Oc2ccccc2)cc1)Nc1cccc2c1cnn2CCN1CCCC1. The summed E-state index contributed by atoms with van der Waals surface area (Å²) in [5.74, 6) is 1.48. The highest BCUT2D eigenvalue weighted by Gasteiger charge is 2.13. The van der Waals surface area contributed by atoms with Crippen LogP contribution < -0.4 is 15.4 Å². The Labute approximate surface area is 193 Å². The number of hydrogen-bond donors (Lipinski definition) is 2. The number of nitrogens with zero attached hydrogens (tertiary/aromatic N) is 3. The van der Waals surface area contributed by atoms with Gasteiger partial charge in [0.05, 0.1) is 23.9 Å². The average molecular weight is 442 g/mol. The minimum Gasteiger partial charge on any atom is -0.457 e. The topological polar surface area (TPSA) is 71.4 Å². The number of benzene rings is 3. The van der Waals surface area contributed by atoms with E-state index in [1.54, 1.807) is 0 Å². The molecule has 168 valence electrons. The van der Waals surface area contributed by atoms with Crippen molar-refractivity contribution in [2.24, 2.45) is 0 Å². The normalized spacial score (nSPS) is 13.8. The molecule has 5 rings (SSSR count). The molecule has 4 aromatic rings. The fourth-order valence-electron chi connectivity index (χ4n) is 4.15. The van der Waals surface area contributed by atoms with Crippen LogP contribution in [0.25, 0.3) is 10.9 Å². The van der Waals surface area contributed by atoms with E-state index >= 15 is 0 Å². The van der Waals surface area contributed by atoms with E-state index in [9.17, 15) is 4.79 Å². The van der Waals surface area contributed by atoms with Crippen LogP contribution in [0, 0.1) is 0 Å². The quantitative estimate of drug-likeness (QED) is 0.393. The van der Waals surface area contributed by atoms with Crippen LogP contribution in [0.2, 0.25) is 0 Å². The number of fused-ring (bicyclic) bond motifs is 1. The van der Waals surface area contributed by atoms with E-state index in [-0.39, 0.29) is 6.03 Å². The number of anilines is 2. The molecule has 2 amide bonds. The van der Waals surface area contributed by atoms with Gasteiger partial charge in [0, 0.05) is 17.6 Å². The van der Waals surface area contributed by atoms with E-state index in [0.29, 0.717) is 11.4 Å². The molecule has 0 bridgehead atoms. The maximum atomic E-state index is 12.6. The summed E-state index contributed by atoms with van der Waals surface area (Å²) >= 11 is 0. The van der Waals surface area contributed by atoms with Crippen molar-refractivity contribution in [3.63, 3.8) is 0 Å². The Hall–Kier alpha value is -3.84. The molecule has 0 saturated carbocycles. The summed E-state index contributed by atoms with van der Waals surface area (Å²) in [6.07, 6.45) is 4.39. The maximum absolute atomic E-state index is 12.6. The predicted octanol–water partition coefficient (Wildman–Crippen LogP) is 5.57. The number of carbonyl (C=O) groups is 1. The predicted molar refractivity (Wildman–Crippen MR) is 131 cm³/mol. The van der Waals surface area contributed by atoms with E-state index in [2.05, 4.69) is 20.6 Å². The molecule has 1 aliphatic heterocycles. The fourth-order valence-corrected chi connectivity index (χ4v) is 4.15. The summed E-state index contributed by atoms with van der Waals surface area (Å²) in [5, 5.41) is 11.3. The smallest absolute Gasteiger partial charge is 0.323 e. The van der Waals surface area contributed by atoms with Crippen molar-refractivity contribution < 1.29 is 9.53 Å². The molecule has 7 heteroatoms. The van der Waals surface area contributed by atoms with Gasteiger partial charge >= 0.3 is 6.03 Å². The lowest BCUT2D eigenvalue weighted by atomic mass is 10.2. The van der Waals surface area contributed by atoms with Gasteiger partial charge in [-0.2, -0.15) is 5.10 Å². The first kappa shape index (κ1) is 21.0. The molecule has 1 aromatic heterocycles. The van der Waals surface area contributed by atoms with Crippen molar-refractivity contribution in [3.8, 4) is 11.5 Å². The molecule has 1 saturated heterocycles. The lowest BCUT2D eigenvalue weighted by Gasteiger charge is -2.14. The summed E-state index contributed by atoms with van der Waals surface area (Å²) in [6, 6.07) is 22.5. The standard InChI is InChI=1S/C26H27N5O2/c32-26(28-20-11-13-22(14-12-20)33-21-7-2-1-3-8-21)29-24-9-6-10-25-23(24)19-27-31(25)18-17-30-15-4-5-16-30/h1-3,6-14,19H,4-5,15-18H2,(H2,28,29,32). The number of urea groups is 1. The molecule has 0 aliphatic carbocycles. The van der Waals surface area contributed by atoms with E-state index in [0.717, 1.165) is 35.4 Å². The van der Waals surface area contributed by atoms with Crippen LogP contribution in [0.5, 0.6) is 11.5 Å². The molecule has 0 radical (unpaired) electrons. The Morgan fingerprint density at radius 2 is 1.61 bits per heavy atom. The number of nitrogens with one attached hydrogen (secondary N) is 2. The van der Waals surface area contributed by atoms with E-state index in [1.165, 1.54) is 25.9 Å². The Balaban J connectivity index is 1.21. The van der Waals surface area contributed by atoms with Gasteiger partial charge in [-0.05, 0) is 74.5 Å². The van der Waals surface area contributed by atoms with Gasteiger partial charge in [-0.1, -0.05) is 24.3 Å². The number of aromatic nitrogens is 2. The number of likely N-dealkylation sites (tertiary alicyclic amines) is 1. The molecule has 3 aromatic carbocycles. The first-order valence-corrected chi connectivity index (χ1v) is 11.3. The van der Waals surface area contributed by atoms with Crippen LogP contribution in [0.4, 0.5) is 16.2 Å². The maximum Gasteiger partial charge on any atom is 0.323 e. The second-order valence-electron chi connectivity index (χ2n) is 8.17. The lowest BCUT2D eigenvalue weighted by Crippen LogP contribution is -2.24. The van der Waals surface area contributed by atoms with Crippen LogP contribution in [0.15, 0.2) is 79.0 Å². The summed E-state index contributed by atoms with van der Waals surface area (Å²) in [5.41, 5.74) is 2.44. The van der Waals surface area contributed by atoms with Gasteiger partial charge in [0.25, 0.3) is 0 Å². The van der Waals surface area contributed by atoms with Gasteiger partial charge in [0.15, 0.2) is 0 Å². The van der Waals surface area contributed by atoms with Gasteiger partial charge in [-0.3, -0.25) is 4.68 Å². The Bertz CT molecular complexity index is 1210. The minimum absolute atomic E-state index is 0.302. The van der Waals surface area contributed by atoms with Crippen LogP contribution in [0.1, 0.15) is 12.8 Å². The second kappa shape index (κ2) is 9.75. The number of amides is 2. The molecule has 33 heavy (non-hydrogen) atoms. The Kier molecular flexibility index (Phi) is 6.21. The first-order valence-electron chi connectivity index (χ1n) is 11.3. The molecule has 1 fully saturated rings. The summed E-state index contributed by atoms with van der Waals surface area (Å²) in [7, 11) is 0. The highest BCUT2D eigenvalue weighted by molar-refractivity contribution is 6.05. The third-order valence-electron chi connectivity index (χ3n) is 5.85. The number of para-hydroxylation sites is 1. The largest absolute Gasteiger partial charge is 0.457 e. The summed E-state index contributed by atoms with van der Waals surface area (Å²) in [4.78, 5) is 15.1. The lowest BCUT2D eigenvalue weighted by molar-refractivity contribution is 0.262. The van der Waals surface area contributed by atoms with Crippen LogP contribution in [0.3, 0.4) is 0 Å². The van der Waals surface area contributed by atoms with Crippen molar-refractivity contribution >= 4 is 28.3 Å². The monoisotopic (exact) mass is 441 g/mol. The third kappa shape index (κ3) is 5.15. The van der Waals surface area contributed by atoms with Gasteiger partial charge in [0.1, 0.15) is 11.5 Å². The van der Waals surface area contributed by atoms with Gasteiger partial charge < -0.3 is 20.3 Å². The van der Waals surface area contributed by atoms with Crippen molar-refractivity contribution in [1.82, 2.24) is 14.7 Å². The highest BCUT2D eigenvalue weighted by atomic mass is 16.5. The number of carbonyl (C=O) groups excluding carboxylic acids is 1. The zero-order chi connectivity index (χ0) is 22.5. The number of ether oxygens (including phenoxy) is 1. The summed E-state index contributed by atoms with van der Waals surface area (Å²) in [6.45, 7) is 4.19. The first-order chi connectivity index (χ1) is 16.2. The van der Waals surface area contributed by atoms with Crippen LogP contribution >= 0.6 is 0 Å². The van der Waals surface area contributed by atoms with Crippen LogP contribution in [-0.2, 0) is 6.54 Å². The molecular formula is C26H27N5O2. The minimum atomic E-state index is -0.302. The van der Waals surface area contributed by atoms with Crippen molar-refractivity contribution in [2.45, 2.75) is 19.4 Å². The third-order valence-corrected chi connectivity index (χ3v) is 5.85. The molecule has 0 atom stereocenters. The van der Waals surface area contributed by atoms with E-state index < -0.39 is 0 Å². The molecule has 1 aliphatic rings. The summed E-state index contributed by atoms with van der Waals surface area (Å²) < 4.78 is 7.81. The fraction of sp³-hybridized carbons (Fsp3) is 0.231. The van der Waals surface area contributed by atoms with Crippen LogP contribution in [-0.4, -0.2) is 40.3 Å². The second-order valence-corrected chi connectivity index (χ2v) is 8.17. The van der Waals surface area contributed by atoms with E-state index in [1.807, 2.05) is 83.7 Å². The zero-order valence-corrected chi connectivity index (χ0v) is 18.4. The molecule has 7 nitrogen and oxygen atoms in total. The number of rotatable bonds is 7. The van der Waals surface area contributed by atoms with E-state index in [4.69, 9.17) is 4.74 Å². The zero-order valence-electron chi connectivity index (χ0n) is 18.4.